The second-order valence-electron chi connectivity index (χ2n) is 5.64. The topological polar surface area (TPSA) is 60.2 Å². The summed E-state index contributed by atoms with van der Waals surface area (Å²) < 4.78 is 0.0262. The molecular formula is C13H23N2O2+. The van der Waals surface area contributed by atoms with E-state index in [-0.39, 0.29) is 28.4 Å². The van der Waals surface area contributed by atoms with Crippen molar-refractivity contribution in [3.8, 4) is 0 Å². The highest BCUT2D eigenvalue weighted by Crippen LogP contribution is 2.32. The van der Waals surface area contributed by atoms with Crippen molar-refractivity contribution in [2.24, 2.45) is 11.7 Å². The number of nitrogens with two attached hydrogens (primary N) is 1. The molecule has 0 aromatic heterocycles. The summed E-state index contributed by atoms with van der Waals surface area (Å²) >= 11 is 0. The van der Waals surface area contributed by atoms with Crippen LogP contribution in [0.5, 0.6) is 0 Å². The molecule has 0 spiro atoms. The number of hydrogen-bond donors (Lipinski definition) is 1. The molecule has 2 amide bonds. The summed E-state index contributed by atoms with van der Waals surface area (Å²) in [7, 11) is 0. The van der Waals surface area contributed by atoms with Gasteiger partial charge in [0.1, 0.15) is 6.04 Å². The first kappa shape index (κ1) is 12.7. The molecule has 0 radical (unpaired) electrons. The molecule has 1 unspecified atom stereocenters. The largest absolute Gasteiger partial charge is 0.327 e. The fourth-order valence-electron chi connectivity index (χ4n) is 3.41. The average Bonchev–Trinajstić information content (AvgIpc) is 2.71. The summed E-state index contributed by atoms with van der Waals surface area (Å²) in [6, 6.07) is 0.0909. The quantitative estimate of drug-likeness (QED) is 0.581. The van der Waals surface area contributed by atoms with Gasteiger partial charge in [-0.05, 0) is 19.8 Å². The van der Waals surface area contributed by atoms with Crippen LogP contribution in [0.2, 0.25) is 0 Å². The first-order valence-electron chi connectivity index (χ1n) is 6.75. The minimum atomic E-state index is -0.102. The van der Waals surface area contributed by atoms with Gasteiger partial charge in [0.15, 0.2) is 0 Å². The smallest absolute Gasteiger partial charge is 0.325 e. The van der Waals surface area contributed by atoms with Crippen molar-refractivity contribution < 1.29 is 14.1 Å². The molecule has 0 aromatic carbocycles. The molecule has 17 heavy (non-hydrogen) atoms. The van der Waals surface area contributed by atoms with Crippen LogP contribution in [0, 0.1) is 5.92 Å². The van der Waals surface area contributed by atoms with Crippen molar-refractivity contribution in [1.29, 1.82) is 0 Å². The number of likely N-dealkylation sites (tertiary alicyclic amines) is 1. The third-order valence-electron chi connectivity index (χ3n) is 4.67. The van der Waals surface area contributed by atoms with Crippen LogP contribution in [0.3, 0.4) is 0 Å². The van der Waals surface area contributed by atoms with Gasteiger partial charge >= 0.3 is 12.3 Å². The van der Waals surface area contributed by atoms with E-state index in [9.17, 15) is 9.59 Å². The lowest BCUT2D eigenvalue weighted by Crippen LogP contribution is -2.59. The van der Waals surface area contributed by atoms with Gasteiger partial charge in [0.25, 0.3) is 0 Å². The molecule has 96 valence electrons. The van der Waals surface area contributed by atoms with Crippen molar-refractivity contribution in [3.05, 3.63) is 0 Å². The van der Waals surface area contributed by atoms with Gasteiger partial charge in [-0.1, -0.05) is 12.8 Å². The van der Waals surface area contributed by atoms with E-state index in [0.717, 1.165) is 44.9 Å². The maximum atomic E-state index is 12.6. The van der Waals surface area contributed by atoms with Crippen LogP contribution < -0.4 is 5.73 Å². The zero-order valence-electron chi connectivity index (χ0n) is 10.6. The van der Waals surface area contributed by atoms with E-state index in [1.807, 2.05) is 6.92 Å². The van der Waals surface area contributed by atoms with Crippen molar-refractivity contribution >= 4 is 12.3 Å². The fourth-order valence-corrected chi connectivity index (χ4v) is 3.41. The number of quaternary nitrogens is 1. The van der Waals surface area contributed by atoms with Crippen molar-refractivity contribution in [2.75, 3.05) is 6.54 Å². The molecule has 1 aliphatic carbocycles. The highest BCUT2D eigenvalue weighted by molar-refractivity contribution is 5.79. The van der Waals surface area contributed by atoms with E-state index < -0.39 is 0 Å². The summed E-state index contributed by atoms with van der Waals surface area (Å²) in [4.78, 5) is 24.1. The molecule has 0 bridgehead atoms. The summed E-state index contributed by atoms with van der Waals surface area (Å²) in [6.45, 7) is 2.68. The molecule has 2 rings (SSSR count). The van der Waals surface area contributed by atoms with Crippen molar-refractivity contribution in [2.45, 2.75) is 57.5 Å². The predicted molar refractivity (Wildman–Crippen MR) is 64.8 cm³/mol. The molecule has 2 N–H and O–H groups in total. The fraction of sp³-hybridized carbons (Fsp3) is 0.846. The molecular weight excluding hydrogens is 216 g/mol. The zero-order chi connectivity index (χ0) is 12.5. The summed E-state index contributed by atoms with van der Waals surface area (Å²) in [5, 5.41) is 0. The Hall–Kier alpha value is -0.740. The third-order valence-corrected chi connectivity index (χ3v) is 4.67. The van der Waals surface area contributed by atoms with E-state index in [0.29, 0.717) is 6.54 Å². The van der Waals surface area contributed by atoms with Gasteiger partial charge < -0.3 is 5.73 Å². The first-order chi connectivity index (χ1) is 8.12. The van der Waals surface area contributed by atoms with E-state index in [2.05, 4.69) is 0 Å². The lowest BCUT2D eigenvalue weighted by Gasteiger charge is -2.35. The Balaban J connectivity index is 2.19. The van der Waals surface area contributed by atoms with Crippen LogP contribution in [0.15, 0.2) is 0 Å². The molecule has 4 nitrogen and oxygen atoms in total. The van der Waals surface area contributed by atoms with Crippen LogP contribution in [0.4, 0.5) is 0 Å². The summed E-state index contributed by atoms with van der Waals surface area (Å²) in [5.74, 6) is -0.0216. The lowest BCUT2D eigenvalue weighted by atomic mass is 9.83. The number of imide groups is 1. The van der Waals surface area contributed by atoms with Crippen molar-refractivity contribution in [3.63, 3.8) is 0 Å². The molecule has 1 heterocycles. The van der Waals surface area contributed by atoms with Gasteiger partial charge in [-0.3, -0.25) is 0 Å². The Morgan fingerprint density at radius 2 is 1.94 bits per heavy atom. The van der Waals surface area contributed by atoms with Crippen molar-refractivity contribution in [1.82, 2.24) is 0 Å². The monoisotopic (exact) mass is 239 g/mol. The first-order valence-corrected chi connectivity index (χ1v) is 6.75. The van der Waals surface area contributed by atoms with E-state index in [1.165, 1.54) is 0 Å². The van der Waals surface area contributed by atoms with Gasteiger partial charge in [0.2, 0.25) is 0 Å². The van der Waals surface area contributed by atoms with E-state index in [1.54, 1.807) is 0 Å². The van der Waals surface area contributed by atoms with Gasteiger partial charge in [0, 0.05) is 18.9 Å². The zero-order valence-corrected chi connectivity index (χ0v) is 10.6. The molecule has 1 aliphatic heterocycles. The SMILES string of the molecule is C[C@@H]1CCC[N+]1(C=O)C(=O)[C@@H]1CCCC[C@H]1N. The second-order valence-corrected chi connectivity index (χ2v) is 5.64. The van der Waals surface area contributed by atoms with Crippen LogP contribution in [-0.4, -0.2) is 35.4 Å². The Bertz CT molecular complexity index is 319. The van der Waals surface area contributed by atoms with Gasteiger partial charge in [-0.25, -0.2) is 9.59 Å². The van der Waals surface area contributed by atoms with Crippen LogP contribution >= 0.6 is 0 Å². The highest BCUT2D eigenvalue weighted by Gasteiger charge is 2.50. The Morgan fingerprint density at radius 3 is 2.47 bits per heavy atom. The Morgan fingerprint density at radius 1 is 1.24 bits per heavy atom. The number of nitrogens with zero attached hydrogens (tertiary/aromatic N) is 1. The molecule has 2 aliphatic rings. The standard InChI is InChI=1S/C13H23N2O2/c1-10-5-4-8-15(10,9-16)13(17)11-6-2-3-7-12(11)14/h9-12H,2-8,14H2,1H3/q+1/t10-,11-,12-,15?/m1/s1. The summed E-state index contributed by atoms with van der Waals surface area (Å²) in [6.07, 6.45) is 6.75. The average molecular weight is 239 g/mol. The van der Waals surface area contributed by atoms with Crippen LogP contribution in [0.1, 0.15) is 45.4 Å². The lowest BCUT2D eigenvalue weighted by molar-refractivity contribution is -0.782. The Labute approximate surface area is 103 Å². The maximum absolute atomic E-state index is 12.6. The van der Waals surface area contributed by atoms with Crippen LogP contribution in [0.25, 0.3) is 0 Å². The number of hydrogen-bond acceptors (Lipinski definition) is 3. The third kappa shape index (κ3) is 2.04. The van der Waals surface area contributed by atoms with E-state index in [4.69, 9.17) is 5.73 Å². The van der Waals surface area contributed by atoms with Gasteiger partial charge in [-0.2, -0.15) is 4.48 Å². The summed E-state index contributed by atoms with van der Waals surface area (Å²) in [5.41, 5.74) is 6.06. The maximum Gasteiger partial charge on any atom is 0.325 e. The normalized spacial score (nSPS) is 42.4. The second kappa shape index (κ2) is 4.86. The Kier molecular flexibility index (Phi) is 3.64. The van der Waals surface area contributed by atoms with Gasteiger partial charge in [-0.15, -0.1) is 0 Å². The molecule has 4 atom stereocenters. The number of carbonyl (C=O) groups excluding carboxylic acids is 2. The number of amides is 2. The molecule has 2 fully saturated rings. The predicted octanol–water partition coefficient (Wildman–Crippen LogP) is 1.19. The number of carbonyl (C=O) groups is 2. The number of rotatable bonds is 2. The molecule has 4 heteroatoms. The molecule has 0 aromatic rings. The highest BCUT2D eigenvalue weighted by atomic mass is 16.2. The minimum Gasteiger partial charge on any atom is -0.327 e. The molecule has 1 saturated carbocycles. The minimum absolute atomic E-state index is 0.0262. The van der Waals surface area contributed by atoms with Crippen LogP contribution in [-0.2, 0) is 9.59 Å². The molecule has 1 saturated heterocycles. The van der Waals surface area contributed by atoms with Gasteiger partial charge in [0.05, 0.1) is 12.5 Å². The van der Waals surface area contributed by atoms with E-state index >= 15 is 0 Å².